The molecule has 1 unspecified atom stereocenters. The van der Waals surface area contributed by atoms with Gasteiger partial charge in [0, 0.05) is 12.2 Å². The summed E-state index contributed by atoms with van der Waals surface area (Å²) in [5.41, 5.74) is 3.34. The van der Waals surface area contributed by atoms with Crippen molar-refractivity contribution in [3.8, 4) is 0 Å². The second-order valence-electron chi connectivity index (χ2n) is 6.09. The van der Waals surface area contributed by atoms with Crippen molar-refractivity contribution < 1.29 is 34.1 Å². The van der Waals surface area contributed by atoms with Crippen LogP contribution in [-0.4, -0.2) is 35.6 Å². The number of ether oxygens (including phenoxy) is 1. The standard InChI is InChI=1S/C13H16N2O2.C7H10O5/c1-2-3-9-11-12(16)14-15(13(11)17)10-7-5-4-6-8-10;1-2-5-11-6(8)3-4-7(9)12-10/h4-8,11H,2-3,9H2,1H3,(H,14,16);3-4,10H,2,5H2,1H3/b;4-3-. The SMILES string of the molecule is CCCCC1C(=O)NN(c2ccccc2)C1=O.CCCOC(=O)/C=C\C(=O)OO. The van der Waals surface area contributed by atoms with Crippen LogP contribution in [0.5, 0.6) is 0 Å². The number of hydrogen-bond acceptors (Lipinski definition) is 7. The molecule has 9 heteroatoms. The second-order valence-corrected chi connectivity index (χ2v) is 6.09. The highest BCUT2D eigenvalue weighted by molar-refractivity contribution is 6.14. The van der Waals surface area contributed by atoms with E-state index in [1.165, 1.54) is 5.01 Å². The molecule has 1 aromatic rings. The molecule has 1 aromatic carbocycles. The summed E-state index contributed by atoms with van der Waals surface area (Å²) in [4.78, 5) is 47.9. The predicted molar refractivity (Wildman–Crippen MR) is 104 cm³/mol. The lowest BCUT2D eigenvalue weighted by Crippen LogP contribution is -2.35. The molecule has 2 rings (SSSR count). The van der Waals surface area contributed by atoms with Crippen LogP contribution in [0.1, 0.15) is 39.5 Å². The molecule has 0 radical (unpaired) electrons. The Labute approximate surface area is 169 Å². The lowest BCUT2D eigenvalue weighted by atomic mass is 10.0. The first-order valence-corrected chi connectivity index (χ1v) is 9.34. The van der Waals surface area contributed by atoms with Gasteiger partial charge in [-0.3, -0.25) is 19.9 Å². The molecule has 0 spiro atoms. The van der Waals surface area contributed by atoms with Gasteiger partial charge in [-0.15, -0.1) is 0 Å². The Hall–Kier alpha value is -3.20. The minimum Gasteiger partial charge on any atom is -0.463 e. The van der Waals surface area contributed by atoms with E-state index in [2.05, 4.69) is 15.1 Å². The quantitative estimate of drug-likeness (QED) is 0.223. The molecule has 2 N–H and O–H groups in total. The Bertz CT molecular complexity index is 719. The van der Waals surface area contributed by atoms with Crippen LogP contribution in [0.15, 0.2) is 42.5 Å². The number of esters is 1. The number of rotatable bonds is 8. The Morgan fingerprint density at radius 3 is 2.34 bits per heavy atom. The minimum atomic E-state index is -1.01. The number of unbranched alkanes of at least 4 members (excludes halogenated alkanes) is 1. The topological polar surface area (TPSA) is 122 Å². The van der Waals surface area contributed by atoms with Crippen LogP contribution in [0.3, 0.4) is 0 Å². The molecule has 1 aliphatic heterocycles. The molecule has 9 nitrogen and oxygen atoms in total. The molecule has 1 atom stereocenters. The van der Waals surface area contributed by atoms with Crippen LogP contribution in [0, 0.1) is 5.92 Å². The van der Waals surface area contributed by atoms with Gasteiger partial charge in [0.25, 0.3) is 11.8 Å². The summed E-state index contributed by atoms with van der Waals surface area (Å²) in [5.74, 6) is -2.50. The summed E-state index contributed by atoms with van der Waals surface area (Å²) in [6.07, 6.45) is 4.88. The number of carbonyl (C=O) groups is 4. The van der Waals surface area contributed by atoms with Crippen molar-refractivity contribution in [2.75, 3.05) is 11.6 Å². The number of anilines is 1. The summed E-state index contributed by atoms with van der Waals surface area (Å²) in [5, 5.41) is 9.12. The zero-order chi connectivity index (χ0) is 21.6. The van der Waals surface area contributed by atoms with E-state index in [1.807, 2.05) is 32.0 Å². The van der Waals surface area contributed by atoms with Crippen LogP contribution in [-0.2, 0) is 28.8 Å². The summed E-state index contributed by atoms with van der Waals surface area (Å²) in [6.45, 7) is 4.20. The van der Waals surface area contributed by atoms with Crippen molar-refractivity contribution in [2.24, 2.45) is 5.92 Å². The molecule has 2 amide bonds. The Kier molecular flexibility index (Phi) is 10.7. The van der Waals surface area contributed by atoms with E-state index >= 15 is 0 Å². The smallest absolute Gasteiger partial charge is 0.365 e. The third kappa shape index (κ3) is 8.14. The normalized spacial score (nSPS) is 15.6. The Balaban J connectivity index is 0.000000311. The van der Waals surface area contributed by atoms with E-state index in [1.54, 1.807) is 12.1 Å². The highest BCUT2D eigenvalue weighted by Crippen LogP contribution is 2.22. The van der Waals surface area contributed by atoms with Crippen molar-refractivity contribution in [3.05, 3.63) is 42.5 Å². The van der Waals surface area contributed by atoms with Gasteiger partial charge in [0.1, 0.15) is 5.92 Å². The van der Waals surface area contributed by atoms with Crippen molar-refractivity contribution in [3.63, 3.8) is 0 Å². The summed E-state index contributed by atoms with van der Waals surface area (Å²) >= 11 is 0. The maximum Gasteiger partial charge on any atom is 0.365 e. The summed E-state index contributed by atoms with van der Waals surface area (Å²) in [6, 6.07) is 9.17. The molecule has 0 aliphatic carbocycles. The van der Waals surface area contributed by atoms with Gasteiger partial charge in [0.05, 0.1) is 12.3 Å². The maximum absolute atomic E-state index is 12.1. The number of benzene rings is 1. The largest absolute Gasteiger partial charge is 0.463 e. The second kappa shape index (κ2) is 13.1. The molecule has 158 valence electrons. The first-order chi connectivity index (χ1) is 13.9. The van der Waals surface area contributed by atoms with Crippen molar-refractivity contribution >= 4 is 29.4 Å². The predicted octanol–water partition coefficient (Wildman–Crippen LogP) is 2.38. The van der Waals surface area contributed by atoms with Gasteiger partial charge in [-0.2, -0.15) is 5.26 Å². The Morgan fingerprint density at radius 1 is 1.10 bits per heavy atom. The van der Waals surface area contributed by atoms with E-state index in [0.717, 1.165) is 25.0 Å². The van der Waals surface area contributed by atoms with Gasteiger partial charge in [0.15, 0.2) is 0 Å². The average molecular weight is 406 g/mol. The van der Waals surface area contributed by atoms with Crippen LogP contribution in [0.25, 0.3) is 0 Å². The lowest BCUT2D eigenvalue weighted by Gasteiger charge is -2.14. The molecular weight excluding hydrogens is 380 g/mol. The number of carbonyl (C=O) groups excluding carboxylic acids is 4. The van der Waals surface area contributed by atoms with Gasteiger partial charge in [0.2, 0.25) is 0 Å². The minimum absolute atomic E-state index is 0.144. The fraction of sp³-hybridized carbons (Fsp3) is 0.400. The van der Waals surface area contributed by atoms with Gasteiger partial charge in [-0.1, -0.05) is 44.9 Å². The maximum atomic E-state index is 12.1. The van der Waals surface area contributed by atoms with E-state index < -0.39 is 17.9 Å². The zero-order valence-corrected chi connectivity index (χ0v) is 16.5. The molecule has 0 saturated carbocycles. The average Bonchev–Trinajstić information content (AvgIpc) is 3.03. The van der Waals surface area contributed by atoms with Crippen molar-refractivity contribution in [2.45, 2.75) is 39.5 Å². The highest BCUT2D eigenvalue weighted by atomic mass is 17.1. The molecular formula is C20H26N2O7. The molecule has 0 aromatic heterocycles. The molecule has 1 fully saturated rings. The molecule has 1 saturated heterocycles. The number of hydrogen-bond donors (Lipinski definition) is 2. The van der Waals surface area contributed by atoms with E-state index in [4.69, 9.17) is 5.26 Å². The van der Waals surface area contributed by atoms with Crippen LogP contribution < -0.4 is 10.4 Å². The Morgan fingerprint density at radius 2 is 1.76 bits per heavy atom. The number of nitrogens with zero attached hydrogens (tertiary/aromatic N) is 1. The molecule has 1 heterocycles. The van der Waals surface area contributed by atoms with E-state index in [0.29, 0.717) is 25.1 Å². The van der Waals surface area contributed by atoms with Crippen molar-refractivity contribution in [1.82, 2.24) is 5.43 Å². The third-order valence-electron chi connectivity index (χ3n) is 3.81. The van der Waals surface area contributed by atoms with Gasteiger partial charge >= 0.3 is 11.9 Å². The fourth-order valence-corrected chi connectivity index (χ4v) is 2.36. The third-order valence-corrected chi connectivity index (χ3v) is 3.81. The van der Waals surface area contributed by atoms with Crippen LogP contribution in [0.4, 0.5) is 5.69 Å². The highest BCUT2D eigenvalue weighted by Gasteiger charge is 2.39. The van der Waals surface area contributed by atoms with Gasteiger partial charge in [-0.25, -0.2) is 14.6 Å². The van der Waals surface area contributed by atoms with E-state index in [-0.39, 0.29) is 11.8 Å². The number of nitrogens with one attached hydrogen (secondary N) is 1. The van der Waals surface area contributed by atoms with Crippen molar-refractivity contribution in [1.29, 1.82) is 0 Å². The first kappa shape index (κ1) is 23.8. The summed E-state index contributed by atoms with van der Waals surface area (Å²) in [7, 11) is 0. The molecule has 0 bridgehead atoms. The van der Waals surface area contributed by atoms with Gasteiger partial charge in [-0.05, 0) is 25.0 Å². The van der Waals surface area contributed by atoms with Gasteiger partial charge < -0.3 is 4.74 Å². The van der Waals surface area contributed by atoms with Crippen LogP contribution in [0.2, 0.25) is 0 Å². The molecule has 1 aliphatic rings. The molecule has 29 heavy (non-hydrogen) atoms. The summed E-state index contributed by atoms with van der Waals surface area (Å²) < 4.78 is 4.57. The number of amides is 2. The zero-order valence-electron chi connectivity index (χ0n) is 16.5. The van der Waals surface area contributed by atoms with E-state index in [9.17, 15) is 19.2 Å². The first-order valence-electron chi connectivity index (χ1n) is 9.34. The van der Waals surface area contributed by atoms with Crippen LogP contribution >= 0.6 is 0 Å². The fourth-order valence-electron chi connectivity index (χ4n) is 2.36. The lowest BCUT2D eigenvalue weighted by molar-refractivity contribution is -0.228. The number of hydrazine groups is 1. The number of para-hydroxylation sites is 1. The monoisotopic (exact) mass is 406 g/mol.